The number of hydrogen-bond acceptors (Lipinski definition) is 7. The number of aromatic nitrogens is 1. The maximum absolute atomic E-state index is 10.9. The molecule has 0 amide bonds. The molecule has 0 radical (unpaired) electrons. The summed E-state index contributed by atoms with van der Waals surface area (Å²) in [6, 6.07) is 0. The molecular formula is C9H13N3O4S. The Hall–Kier alpha value is -1.67. The number of thiazole rings is 1. The Bertz CT molecular complexity index is 405. The minimum absolute atomic E-state index is 0.185. The highest BCUT2D eigenvalue weighted by Crippen LogP contribution is 2.12. The van der Waals surface area contributed by atoms with Crippen LogP contribution >= 0.6 is 11.3 Å². The van der Waals surface area contributed by atoms with Crippen molar-refractivity contribution in [1.29, 1.82) is 0 Å². The molecule has 0 fully saturated rings. The van der Waals surface area contributed by atoms with Crippen molar-refractivity contribution in [3.8, 4) is 0 Å². The highest BCUT2D eigenvalue weighted by molar-refractivity contribution is 7.13. The number of nitrogens with two attached hydrogens (primary N) is 1. The number of carboxylic acid groups (broad SMARTS) is 1. The third kappa shape index (κ3) is 4.37. The highest BCUT2D eigenvalue weighted by atomic mass is 32.1. The minimum Gasteiger partial charge on any atom is -0.476 e. The third-order valence-electron chi connectivity index (χ3n) is 1.65. The van der Waals surface area contributed by atoms with Crippen LogP contribution in [0.2, 0.25) is 0 Å². The molecule has 0 spiro atoms. The molecule has 7 nitrogen and oxygen atoms in total. The number of carboxylic acids is 1. The Kier molecular flexibility index (Phi) is 5.37. The van der Waals surface area contributed by atoms with Crippen LogP contribution in [0.4, 0.5) is 5.13 Å². The molecule has 3 N–H and O–H groups in total. The van der Waals surface area contributed by atoms with Crippen LogP contribution in [0.1, 0.15) is 12.6 Å². The summed E-state index contributed by atoms with van der Waals surface area (Å²) in [6.45, 7) is 2.96. The van der Waals surface area contributed by atoms with Gasteiger partial charge < -0.3 is 20.4 Å². The van der Waals surface area contributed by atoms with E-state index in [2.05, 4.69) is 10.1 Å². The molecule has 1 rings (SSSR count). The molecule has 1 heterocycles. The topological polar surface area (TPSA) is 107 Å². The highest BCUT2D eigenvalue weighted by Gasteiger charge is 2.16. The average Bonchev–Trinajstić information content (AvgIpc) is 2.69. The van der Waals surface area contributed by atoms with Gasteiger partial charge in [0, 0.05) is 12.0 Å². The Morgan fingerprint density at radius 3 is 2.94 bits per heavy atom. The lowest BCUT2D eigenvalue weighted by Gasteiger charge is -2.01. The molecule has 0 aliphatic rings. The van der Waals surface area contributed by atoms with Gasteiger partial charge in [0.15, 0.2) is 5.13 Å². The molecule has 17 heavy (non-hydrogen) atoms. The quantitative estimate of drug-likeness (QED) is 0.421. The first kappa shape index (κ1) is 13.4. The summed E-state index contributed by atoms with van der Waals surface area (Å²) < 4.78 is 5.01. The van der Waals surface area contributed by atoms with Crippen LogP contribution in [0, 0.1) is 0 Å². The van der Waals surface area contributed by atoms with Crippen LogP contribution in [0.25, 0.3) is 0 Å². The maximum atomic E-state index is 10.9. The summed E-state index contributed by atoms with van der Waals surface area (Å²) >= 11 is 1.14. The number of anilines is 1. The van der Waals surface area contributed by atoms with Gasteiger partial charge in [-0.05, 0) is 6.92 Å². The molecule has 8 heteroatoms. The number of hydrogen-bond donors (Lipinski definition) is 2. The molecular weight excluding hydrogens is 246 g/mol. The van der Waals surface area contributed by atoms with Crippen LogP contribution in [-0.4, -0.2) is 41.6 Å². The smallest absolute Gasteiger partial charge is 0.360 e. The van der Waals surface area contributed by atoms with Crippen molar-refractivity contribution in [2.75, 3.05) is 25.6 Å². The largest absolute Gasteiger partial charge is 0.476 e. The molecule has 0 saturated heterocycles. The Labute approximate surface area is 102 Å². The normalized spacial score (nSPS) is 11.5. The van der Waals surface area contributed by atoms with E-state index in [4.69, 9.17) is 20.4 Å². The molecule has 0 aromatic carbocycles. The zero-order valence-corrected chi connectivity index (χ0v) is 10.1. The first-order chi connectivity index (χ1) is 8.15. The van der Waals surface area contributed by atoms with Crippen LogP contribution in [0.3, 0.4) is 0 Å². The van der Waals surface area contributed by atoms with E-state index in [1.165, 1.54) is 5.38 Å². The zero-order valence-electron chi connectivity index (χ0n) is 9.25. The number of aliphatic carboxylic acids is 1. The lowest BCUT2D eigenvalue weighted by molar-refractivity contribution is -0.129. The molecule has 0 saturated carbocycles. The second-order valence-corrected chi connectivity index (χ2v) is 3.74. The van der Waals surface area contributed by atoms with E-state index in [0.717, 1.165) is 11.3 Å². The van der Waals surface area contributed by atoms with Crippen molar-refractivity contribution in [3.05, 3.63) is 11.1 Å². The van der Waals surface area contributed by atoms with E-state index < -0.39 is 5.97 Å². The van der Waals surface area contributed by atoms with Gasteiger partial charge >= 0.3 is 5.97 Å². The van der Waals surface area contributed by atoms with Gasteiger partial charge in [-0.15, -0.1) is 11.3 Å². The fourth-order valence-corrected chi connectivity index (χ4v) is 1.49. The van der Waals surface area contributed by atoms with Gasteiger partial charge in [0.25, 0.3) is 0 Å². The zero-order chi connectivity index (χ0) is 12.7. The van der Waals surface area contributed by atoms with Crippen LogP contribution in [0.15, 0.2) is 10.5 Å². The van der Waals surface area contributed by atoms with Crippen molar-refractivity contribution < 1.29 is 19.5 Å². The molecule has 94 valence electrons. The van der Waals surface area contributed by atoms with Crippen molar-refractivity contribution in [2.24, 2.45) is 5.16 Å². The molecule has 0 aliphatic heterocycles. The molecule has 0 atom stereocenters. The van der Waals surface area contributed by atoms with E-state index in [0.29, 0.717) is 13.2 Å². The second-order valence-electron chi connectivity index (χ2n) is 2.85. The van der Waals surface area contributed by atoms with Gasteiger partial charge in [0.2, 0.25) is 5.71 Å². The summed E-state index contributed by atoms with van der Waals surface area (Å²) in [7, 11) is 0. The lowest BCUT2D eigenvalue weighted by Crippen LogP contribution is -2.16. The fraction of sp³-hybridized carbons (Fsp3) is 0.444. The standard InChI is InChI=1S/C9H13N3O4S/c1-2-15-3-4-16-12-7(8(13)14)6-5-17-9(10)11-6/h5H,2-4H2,1H3,(H2,10,11)(H,13,14). The number of ether oxygens (including phenoxy) is 1. The average molecular weight is 259 g/mol. The Morgan fingerprint density at radius 1 is 1.65 bits per heavy atom. The van der Waals surface area contributed by atoms with Crippen LogP contribution in [0.5, 0.6) is 0 Å². The lowest BCUT2D eigenvalue weighted by atomic mass is 10.3. The van der Waals surface area contributed by atoms with Gasteiger partial charge in [-0.1, -0.05) is 5.16 Å². The molecule has 0 aliphatic carbocycles. The number of nitrogen functional groups attached to an aromatic ring is 1. The minimum atomic E-state index is -1.22. The summed E-state index contributed by atoms with van der Waals surface area (Å²) in [5.74, 6) is -1.22. The molecule has 0 unspecified atom stereocenters. The summed E-state index contributed by atoms with van der Waals surface area (Å²) in [6.07, 6.45) is 0. The maximum Gasteiger partial charge on any atom is 0.360 e. The number of rotatable bonds is 7. The van der Waals surface area contributed by atoms with Crippen molar-refractivity contribution in [2.45, 2.75) is 6.92 Å². The first-order valence-electron chi connectivity index (χ1n) is 4.87. The molecule has 1 aromatic rings. The fourth-order valence-electron chi connectivity index (χ4n) is 0.942. The van der Waals surface area contributed by atoms with E-state index in [1.54, 1.807) is 0 Å². The second kappa shape index (κ2) is 6.81. The Balaban J connectivity index is 2.60. The van der Waals surface area contributed by atoms with E-state index >= 15 is 0 Å². The van der Waals surface area contributed by atoms with E-state index in [9.17, 15) is 4.79 Å². The molecule has 1 aromatic heterocycles. The SMILES string of the molecule is CCOCCON=C(C(=O)O)c1csc(N)n1. The van der Waals surface area contributed by atoms with E-state index in [-0.39, 0.29) is 23.1 Å². The Morgan fingerprint density at radius 2 is 2.41 bits per heavy atom. The number of carbonyl (C=O) groups is 1. The predicted octanol–water partition coefficient (Wildman–Crippen LogP) is 0.567. The van der Waals surface area contributed by atoms with Crippen molar-refractivity contribution in [3.63, 3.8) is 0 Å². The number of nitrogens with zero attached hydrogens (tertiary/aromatic N) is 2. The summed E-state index contributed by atoms with van der Waals surface area (Å²) in [5, 5.41) is 14.2. The first-order valence-corrected chi connectivity index (χ1v) is 5.75. The third-order valence-corrected chi connectivity index (χ3v) is 2.32. The van der Waals surface area contributed by atoms with Gasteiger partial charge in [0.05, 0.1) is 6.61 Å². The summed E-state index contributed by atoms with van der Waals surface area (Å²) in [4.78, 5) is 19.6. The molecule has 0 bridgehead atoms. The van der Waals surface area contributed by atoms with Crippen LogP contribution < -0.4 is 5.73 Å². The van der Waals surface area contributed by atoms with Gasteiger partial charge in [-0.2, -0.15) is 0 Å². The van der Waals surface area contributed by atoms with Gasteiger partial charge in [0.1, 0.15) is 12.3 Å². The summed E-state index contributed by atoms with van der Waals surface area (Å²) in [5.41, 5.74) is 5.33. The van der Waals surface area contributed by atoms with Crippen LogP contribution in [-0.2, 0) is 14.4 Å². The van der Waals surface area contributed by atoms with Gasteiger partial charge in [-0.3, -0.25) is 0 Å². The van der Waals surface area contributed by atoms with Crippen molar-refractivity contribution >= 4 is 28.1 Å². The van der Waals surface area contributed by atoms with Gasteiger partial charge in [-0.25, -0.2) is 9.78 Å². The van der Waals surface area contributed by atoms with E-state index in [1.807, 2.05) is 6.92 Å². The monoisotopic (exact) mass is 259 g/mol. The van der Waals surface area contributed by atoms with Crippen molar-refractivity contribution in [1.82, 2.24) is 4.98 Å². The predicted molar refractivity (Wildman–Crippen MR) is 63.1 cm³/mol. The number of oxime groups is 1.